The van der Waals surface area contributed by atoms with Gasteiger partial charge in [-0.05, 0) is 43.2 Å². The summed E-state index contributed by atoms with van der Waals surface area (Å²) < 4.78 is 1.20. The normalized spacial score (nSPS) is 17.3. The number of piperidine rings is 1. The number of thiazole rings is 1. The topological polar surface area (TPSA) is 77.6 Å². The molecule has 3 aromatic rings. The Bertz CT molecular complexity index is 1100. The number of hydrogen-bond donors (Lipinski definition) is 2. The quantitative estimate of drug-likeness (QED) is 0.659. The Balaban J connectivity index is 1.22. The van der Waals surface area contributed by atoms with Gasteiger partial charge in [0.2, 0.25) is 5.91 Å². The van der Waals surface area contributed by atoms with Crippen LogP contribution < -0.4 is 20.4 Å². The van der Waals surface area contributed by atoms with Gasteiger partial charge in [0.1, 0.15) is 0 Å². The third-order valence-electron chi connectivity index (χ3n) is 6.00. The van der Waals surface area contributed by atoms with E-state index in [0.717, 1.165) is 42.3 Å². The average Bonchev–Trinajstić information content (AvgIpc) is 3.16. The van der Waals surface area contributed by atoms with E-state index >= 15 is 0 Å². The molecule has 1 aromatic heterocycles. The number of amides is 2. The minimum Gasteiger partial charge on any atom is -0.372 e. The van der Waals surface area contributed by atoms with Gasteiger partial charge in [0.15, 0.2) is 5.13 Å². The standard InChI is InChI=1S/C23H25N5O2S/c1-27-11-10-21(29)25-18-14-15(6-7-19(18)27)22(30)24-16-8-12-28(13-9-16)23-26-17-4-2-3-5-20(17)31-23/h2-7,14,16H,8-13H2,1H3,(H,24,30)(H,25,29). The van der Waals surface area contributed by atoms with E-state index in [1.165, 1.54) is 4.70 Å². The Morgan fingerprint density at radius 3 is 2.77 bits per heavy atom. The van der Waals surface area contributed by atoms with Crippen molar-refractivity contribution in [1.82, 2.24) is 10.3 Å². The number of carbonyl (C=O) groups is 2. The molecule has 5 rings (SSSR count). The van der Waals surface area contributed by atoms with E-state index in [2.05, 4.69) is 21.6 Å². The van der Waals surface area contributed by atoms with E-state index < -0.39 is 0 Å². The summed E-state index contributed by atoms with van der Waals surface area (Å²) in [5, 5.41) is 7.14. The van der Waals surface area contributed by atoms with Crippen molar-refractivity contribution < 1.29 is 9.59 Å². The fourth-order valence-corrected chi connectivity index (χ4v) is 5.21. The minimum atomic E-state index is -0.0950. The fraction of sp³-hybridized carbons (Fsp3) is 0.348. The first-order valence-electron chi connectivity index (χ1n) is 10.6. The number of fused-ring (bicyclic) bond motifs is 2. The number of rotatable bonds is 3. The zero-order chi connectivity index (χ0) is 21.4. The largest absolute Gasteiger partial charge is 0.372 e. The molecule has 7 nitrogen and oxygen atoms in total. The Kier molecular flexibility index (Phi) is 5.23. The van der Waals surface area contributed by atoms with Crippen molar-refractivity contribution in [3.8, 4) is 0 Å². The number of nitrogens with one attached hydrogen (secondary N) is 2. The Morgan fingerprint density at radius 1 is 1.16 bits per heavy atom. The molecule has 0 bridgehead atoms. The molecular weight excluding hydrogens is 410 g/mol. The van der Waals surface area contributed by atoms with Crippen LogP contribution >= 0.6 is 11.3 Å². The maximum Gasteiger partial charge on any atom is 0.251 e. The van der Waals surface area contributed by atoms with Gasteiger partial charge in [-0.25, -0.2) is 4.98 Å². The second-order valence-electron chi connectivity index (χ2n) is 8.15. The molecule has 2 aliphatic rings. The van der Waals surface area contributed by atoms with E-state index in [4.69, 9.17) is 4.98 Å². The molecule has 8 heteroatoms. The van der Waals surface area contributed by atoms with Crippen LogP contribution in [-0.2, 0) is 4.79 Å². The van der Waals surface area contributed by atoms with E-state index in [1.54, 1.807) is 17.4 Å². The van der Waals surface area contributed by atoms with Crippen molar-refractivity contribution >= 4 is 49.9 Å². The van der Waals surface area contributed by atoms with Gasteiger partial charge in [-0.3, -0.25) is 9.59 Å². The van der Waals surface area contributed by atoms with E-state index in [0.29, 0.717) is 24.2 Å². The average molecular weight is 436 g/mol. The van der Waals surface area contributed by atoms with Crippen LogP contribution in [0, 0.1) is 0 Å². The lowest BCUT2D eigenvalue weighted by Crippen LogP contribution is -2.44. The molecule has 160 valence electrons. The van der Waals surface area contributed by atoms with Crippen molar-refractivity contribution in [2.45, 2.75) is 25.3 Å². The third-order valence-corrected chi connectivity index (χ3v) is 7.10. The molecule has 2 amide bonds. The summed E-state index contributed by atoms with van der Waals surface area (Å²) in [7, 11) is 1.96. The summed E-state index contributed by atoms with van der Waals surface area (Å²) in [6.07, 6.45) is 2.21. The summed E-state index contributed by atoms with van der Waals surface area (Å²) in [5.74, 6) is -0.118. The summed E-state index contributed by atoms with van der Waals surface area (Å²) >= 11 is 1.72. The highest BCUT2D eigenvalue weighted by atomic mass is 32.1. The highest BCUT2D eigenvalue weighted by Gasteiger charge is 2.24. The van der Waals surface area contributed by atoms with Gasteiger partial charge in [-0.2, -0.15) is 0 Å². The van der Waals surface area contributed by atoms with Crippen LogP contribution in [0.1, 0.15) is 29.6 Å². The second kappa shape index (κ2) is 8.19. The molecule has 2 N–H and O–H groups in total. The lowest BCUT2D eigenvalue weighted by molar-refractivity contribution is -0.115. The summed E-state index contributed by atoms with van der Waals surface area (Å²) in [4.78, 5) is 33.9. The molecular formula is C23H25N5O2S. The first-order chi connectivity index (χ1) is 15.1. The van der Waals surface area contributed by atoms with Gasteiger partial charge in [0, 0.05) is 44.7 Å². The molecule has 0 spiro atoms. The molecule has 31 heavy (non-hydrogen) atoms. The van der Waals surface area contributed by atoms with Crippen LogP contribution in [-0.4, -0.2) is 49.5 Å². The van der Waals surface area contributed by atoms with Gasteiger partial charge >= 0.3 is 0 Å². The maximum absolute atomic E-state index is 12.9. The Labute approximate surface area is 185 Å². The van der Waals surface area contributed by atoms with Crippen LogP contribution in [0.5, 0.6) is 0 Å². The van der Waals surface area contributed by atoms with Gasteiger partial charge in [-0.1, -0.05) is 23.5 Å². The van der Waals surface area contributed by atoms with Crippen molar-refractivity contribution in [2.75, 3.05) is 41.8 Å². The molecule has 0 radical (unpaired) electrons. The molecule has 2 aromatic carbocycles. The van der Waals surface area contributed by atoms with Crippen LogP contribution in [0.2, 0.25) is 0 Å². The van der Waals surface area contributed by atoms with Crippen molar-refractivity contribution in [1.29, 1.82) is 0 Å². The second-order valence-corrected chi connectivity index (χ2v) is 9.16. The summed E-state index contributed by atoms with van der Waals surface area (Å²) in [6, 6.07) is 13.9. The molecule has 1 fully saturated rings. The number of anilines is 3. The van der Waals surface area contributed by atoms with Crippen LogP contribution in [0.3, 0.4) is 0 Å². The van der Waals surface area contributed by atoms with Gasteiger partial charge in [0.25, 0.3) is 5.91 Å². The molecule has 0 saturated carbocycles. The third kappa shape index (κ3) is 4.07. The highest BCUT2D eigenvalue weighted by Crippen LogP contribution is 2.31. The molecule has 0 atom stereocenters. The van der Waals surface area contributed by atoms with Crippen molar-refractivity contribution in [3.05, 3.63) is 48.0 Å². The highest BCUT2D eigenvalue weighted by molar-refractivity contribution is 7.22. The first-order valence-corrected chi connectivity index (χ1v) is 11.4. The smallest absolute Gasteiger partial charge is 0.251 e. The Morgan fingerprint density at radius 2 is 1.97 bits per heavy atom. The predicted octanol–water partition coefficient (Wildman–Crippen LogP) is 3.47. The summed E-state index contributed by atoms with van der Waals surface area (Å²) in [6.45, 7) is 2.41. The van der Waals surface area contributed by atoms with Crippen LogP contribution in [0.15, 0.2) is 42.5 Å². The zero-order valence-electron chi connectivity index (χ0n) is 17.4. The number of hydrogen-bond acceptors (Lipinski definition) is 6. The fourth-order valence-electron chi connectivity index (χ4n) is 4.19. The number of carbonyl (C=O) groups excluding carboxylic acids is 2. The van der Waals surface area contributed by atoms with Gasteiger partial charge in [-0.15, -0.1) is 0 Å². The SMILES string of the molecule is CN1CCC(=O)Nc2cc(C(=O)NC3CCN(c4nc5ccccc5s4)CC3)ccc21. The lowest BCUT2D eigenvalue weighted by Gasteiger charge is -2.32. The number of benzene rings is 2. The number of aromatic nitrogens is 1. The van der Waals surface area contributed by atoms with E-state index in [-0.39, 0.29) is 17.9 Å². The predicted molar refractivity (Wildman–Crippen MR) is 125 cm³/mol. The minimum absolute atomic E-state index is 0.0228. The lowest BCUT2D eigenvalue weighted by atomic mass is 10.0. The van der Waals surface area contributed by atoms with Crippen LogP contribution in [0.4, 0.5) is 16.5 Å². The van der Waals surface area contributed by atoms with Crippen LogP contribution in [0.25, 0.3) is 10.2 Å². The number of nitrogens with zero attached hydrogens (tertiary/aromatic N) is 3. The Hall–Kier alpha value is -3.13. The first kappa shape index (κ1) is 19.8. The summed E-state index contributed by atoms with van der Waals surface area (Å²) in [5.41, 5.74) is 3.25. The zero-order valence-corrected chi connectivity index (χ0v) is 18.2. The van der Waals surface area contributed by atoms with Gasteiger partial charge in [0.05, 0.1) is 21.6 Å². The molecule has 0 unspecified atom stereocenters. The van der Waals surface area contributed by atoms with E-state index in [9.17, 15) is 9.59 Å². The maximum atomic E-state index is 12.9. The monoisotopic (exact) mass is 435 g/mol. The van der Waals surface area contributed by atoms with Gasteiger partial charge < -0.3 is 20.4 Å². The van der Waals surface area contributed by atoms with Crippen molar-refractivity contribution in [3.63, 3.8) is 0 Å². The van der Waals surface area contributed by atoms with Crippen molar-refractivity contribution in [2.24, 2.45) is 0 Å². The molecule has 0 aliphatic carbocycles. The van der Waals surface area contributed by atoms with E-state index in [1.807, 2.05) is 42.3 Å². The molecule has 3 heterocycles. The number of para-hydroxylation sites is 1. The molecule has 2 aliphatic heterocycles. The molecule has 1 saturated heterocycles.